The third-order valence-corrected chi connectivity index (χ3v) is 10.5. The fourth-order valence-corrected chi connectivity index (χ4v) is 7.64. The number of hydrogen-bond acceptors (Lipinski definition) is 2. The Morgan fingerprint density at radius 2 is 0.667 bits per heavy atom. The summed E-state index contributed by atoms with van der Waals surface area (Å²) >= 11 is 0. The molecule has 54 heavy (non-hydrogen) atoms. The number of furan rings is 1. The second-order valence-electron chi connectivity index (χ2n) is 13.8. The van der Waals surface area contributed by atoms with Crippen LogP contribution in [0, 0.1) is 0 Å². The van der Waals surface area contributed by atoms with E-state index in [0.717, 1.165) is 44.6 Å². The molecule has 0 spiro atoms. The highest BCUT2D eigenvalue weighted by atomic mass is 16.3. The molecule has 254 valence electrons. The first-order chi connectivity index (χ1) is 26.7. The van der Waals surface area contributed by atoms with Crippen molar-refractivity contribution >= 4 is 49.8 Å². The van der Waals surface area contributed by atoms with Gasteiger partial charge in [-0.15, -0.1) is 0 Å². The minimum absolute atomic E-state index is 0.899. The van der Waals surface area contributed by atoms with Crippen LogP contribution >= 0.6 is 0 Å². The summed E-state index contributed by atoms with van der Waals surface area (Å²) in [7, 11) is 0. The summed E-state index contributed by atoms with van der Waals surface area (Å²) in [5, 5.41) is 4.70. The molecule has 0 unspecified atom stereocenters. The van der Waals surface area contributed by atoms with E-state index in [4.69, 9.17) is 4.42 Å². The van der Waals surface area contributed by atoms with Crippen LogP contribution in [0.25, 0.3) is 77.2 Å². The van der Waals surface area contributed by atoms with E-state index in [1.165, 1.54) is 49.7 Å². The monoisotopic (exact) mass is 689 g/mol. The van der Waals surface area contributed by atoms with Crippen LogP contribution < -0.4 is 4.90 Å². The van der Waals surface area contributed by atoms with Crippen LogP contribution in [0.4, 0.5) is 17.1 Å². The maximum absolute atomic E-state index is 6.26. The van der Waals surface area contributed by atoms with Gasteiger partial charge >= 0.3 is 0 Å². The van der Waals surface area contributed by atoms with Crippen molar-refractivity contribution in [3.05, 3.63) is 212 Å². The summed E-state index contributed by atoms with van der Waals surface area (Å²) in [4.78, 5) is 2.34. The fourth-order valence-electron chi connectivity index (χ4n) is 7.64. The molecule has 0 aliphatic carbocycles. The second-order valence-corrected chi connectivity index (χ2v) is 13.8. The highest BCUT2D eigenvalue weighted by Crippen LogP contribution is 2.39. The summed E-state index contributed by atoms with van der Waals surface area (Å²) in [6.07, 6.45) is 0. The van der Waals surface area contributed by atoms with Crippen LogP contribution in [0.2, 0.25) is 0 Å². The molecule has 1 aromatic heterocycles. The van der Waals surface area contributed by atoms with Gasteiger partial charge < -0.3 is 9.32 Å². The maximum atomic E-state index is 6.26. The van der Waals surface area contributed by atoms with Crippen LogP contribution in [0.15, 0.2) is 217 Å². The molecule has 0 aliphatic heterocycles. The van der Waals surface area contributed by atoms with Crippen molar-refractivity contribution in [3.63, 3.8) is 0 Å². The van der Waals surface area contributed by atoms with Gasteiger partial charge in [0.25, 0.3) is 0 Å². The fraction of sp³-hybridized carbons (Fsp3) is 0. The summed E-state index contributed by atoms with van der Waals surface area (Å²) in [6, 6.07) is 75.9. The van der Waals surface area contributed by atoms with Crippen LogP contribution in [-0.2, 0) is 0 Å². The zero-order chi connectivity index (χ0) is 35.8. The van der Waals surface area contributed by atoms with Gasteiger partial charge in [-0.3, -0.25) is 0 Å². The molecule has 10 aromatic rings. The molecule has 9 aromatic carbocycles. The molecule has 2 heteroatoms. The maximum Gasteiger partial charge on any atom is 0.135 e. The van der Waals surface area contributed by atoms with E-state index in [1.807, 2.05) is 0 Å². The van der Waals surface area contributed by atoms with E-state index in [9.17, 15) is 0 Å². The molecule has 0 aliphatic rings. The molecule has 1 heterocycles. The lowest BCUT2D eigenvalue weighted by Gasteiger charge is -2.26. The Bertz CT molecular complexity index is 2910. The molecule has 0 saturated carbocycles. The summed E-state index contributed by atoms with van der Waals surface area (Å²) in [5.74, 6) is 0. The van der Waals surface area contributed by atoms with Crippen molar-refractivity contribution in [2.45, 2.75) is 0 Å². The summed E-state index contributed by atoms with van der Waals surface area (Å²) < 4.78 is 6.26. The molecule has 0 radical (unpaired) electrons. The molecule has 2 nitrogen and oxygen atoms in total. The van der Waals surface area contributed by atoms with Crippen molar-refractivity contribution in [2.75, 3.05) is 4.90 Å². The van der Waals surface area contributed by atoms with Crippen molar-refractivity contribution in [1.82, 2.24) is 0 Å². The average Bonchev–Trinajstić information content (AvgIpc) is 3.62. The van der Waals surface area contributed by atoms with Crippen molar-refractivity contribution in [1.29, 1.82) is 0 Å². The van der Waals surface area contributed by atoms with Crippen LogP contribution in [-0.4, -0.2) is 0 Å². The van der Waals surface area contributed by atoms with Gasteiger partial charge in [0.05, 0.1) is 0 Å². The van der Waals surface area contributed by atoms with E-state index >= 15 is 0 Å². The molecule has 0 amide bonds. The topological polar surface area (TPSA) is 16.4 Å². The molecule has 0 fully saturated rings. The Balaban J connectivity index is 0.994. The normalized spacial score (nSPS) is 11.3. The molecule has 0 N–H and O–H groups in total. The van der Waals surface area contributed by atoms with Gasteiger partial charge in [0.15, 0.2) is 0 Å². The number of benzene rings is 9. The predicted octanol–water partition coefficient (Wildman–Crippen LogP) is 14.9. The van der Waals surface area contributed by atoms with Gasteiger partial charge in [-0.25, -0.2) is 0 Å². The summed E-state index contributed by atoms with van der Waals surface area (Å²) in [6.45, 7) is 0. The zero-order valence-corrected chi connectivity index (χ0v) is 29.6. The lowest BCUT2D eigenvalue weighted by Crippen LogP contribution is -2.09. The van der Waals surface area contributed by atoms with E-state index in [1.54, 1.807) is 0 Å². The number of nitrogens with zero attached hydrogens (tertiary/aromatic N) is 1. The van der Waals surface area contributed by atoms with E-state index in [2.05, 4.69) is 217 Å². The largest absolute Gasteiger partial charge is 0.456 e. The van der Waals surface area contributed by atoms with Gasteiger partial charge in [-0.2, -0.15) is 0 Å². The van der Waals surface area contributed by atoms with Crippen LogP contribution in [0.1, 0.15) is 0 Å². The Kier molecular flexibility index (Phi) is 7.85. The molecular weight excluding hydrogens is 655 g/mol. The zero-order valence-electron chi connectivity index (χ0n) is 29.6. The predicted molar refractivity (Wildman–Crippen MR) is 228 cm³/mol. The van der Waals surface area contributed by atoms with Gasteiger partial charge in [0.1, 0.15) is 11.2 Å². The van der Waals surface area contributed by atoms with E-state index in [-0.39, 0.29) is 0 Å². The Hall–Kier alpha value is -7.16. The molecule has 10 rings (SSSR count). The smallest absolute Gasteiger partial charge is 0.135 e. The number of anilines is 3. The molecule has 0 bridgehead atoms. The van der Waals surface area contributed by atoms with Gasteiger partial charge in [0.2, 0.25) is 0 Å². The van der Waals surface area contributed by atoms with Crippen LogP contribution in [0.3, 0.4) is 0 Å². The Morgan fingerprint density at radius 3 is 1.28 bits per heavy atom. The number of rotatable bonds is 7. The minimum atomic E-state index is 0.899. The van der Waals surface area contributed by atoms with Crippen molar-refractivity contribution in [2.24, 2.45) is 0 Å². The minimum Gasteiger partial charge on any atom is -0.456 e. The first-order valence-electron chi connectivity index (χ1n) is 18.4. The first-order valence-corrected chi connectivity index (χ1v) is 18.4. The lowest BCUT2D eigenvalue weighted by molar-refractivity contribution is 0.669. The molecule has 0 saturated heterocycles. The third kappa shape index (κ3) is 5.90. The van der Waals surface area contributed by atoms with Gasteiger partial charge in [-0.05, 0) is 122 Å². The quantitative estimate of drug-likeness (QED) is 0.166. The van der Waals surface area contributed by atoms with Gasteiger partial charge in [-0.1, -0.05) is 146 Å². The SMILES string of the molecule is c1ccc(-c2ccc(N(c3ccc(-c4cccc(-c5ccc6oc7ccc(-c8ccccc8)cc7c6c5)c4)cc3)c3ccc4ccccc4c3)cc2)cc1. The van der Waals surface area contributed by atoms with Gasteiger partial charge in [0, 0.05) is 27.8 Å². The van der Waals surface area contributed by atoms with E-state index in [0.29, 0.717) is 0 Å². The molecule has 0 atom stereocenters. The highest BCUT2D eigenvalue weighted by molar-refractivity contribution is 6.07. The molecular formula is C52H35NO. The Labute approximate surface area is 314 Å². The lowest BCUT2D eigenvalue weighted by atomic mass is 9.97. The Morgan fingerprint density at radius 1 is 0.259 bits per heavy atom. The standard InChI is InChI=1S/C52H35NO/c1-3-10-36(11-4-1)39-18-25-46(26-19-39)53(48-29-22-38-14-7-8-15-43(38)33-48)47-27-20-40(21-28-47)41-16-9-17-42(32-41)45-24-31-52-50(35-45)49-34-44(23-30-51(49)54-52)37-12-5-2-6-13-37/h1-35H. The number of fused-ring (bicyclic) bond motifs is 4. The van der Waals surface area contributed by atoms with Crippen LogP contribution in [0.5, 0.6) is 0 Å². The van der Waals surface area contributed by atoms with Crippen molar-refractivity contribution in [3.8, 4) is 44.5 Å². The first kappa shape index (κ1) is 31.6. The highest BCUT2D eigenvalue weighted by Gasteiger charge is 2.15. The van der Waals surface area contributed by atoms with Crippen molar-refractivity contribution < 1.29 is 4.42 Å². The summed E-state index contributed by atoms with van der Waals surface area (Å²) in [5.41, 5.74) is 14.6. The second kappa shape index (κ2) is 13.4. The third-order valence-electron chi connectivity index (χ3n) is 10.5. The average molecular weight is 690 g/mol. The van der Waals surface area contributed by atoms with E-state index < -0.39 is 0 Å². The number of hydrogen-bond donors (Lipinski definition) is 0.